The SMILES string of the molecule is C#Cc1cccc(NC(=O)OC)c1. The molecule has 0 aromatic heterocycles. The topological polar surface area (TPSA) is 38.3 Å². The quantitative estimate of drug-likeness (QED) is 0.661. The summed E-state index contributed by atoms with van der Waals surface area (Å²) in [5.41, 5.74) is 1.34. The first-order valence-electron chi connectivity index (χ1n) is 3.68. The van der Waals surface area contributed by atoms with Crippen molar-refractivity contribution in [3.63, 3.8) is 0 Å². The molecule has 13 heavy (non-hydrogen) atoms. The number of nitrogens with one attached hydrogen (secondary N) is 1. The summed E-state index contributed by atoms with van der Waals surface area (Å²) in [7, 11) is 1.31. The molecule has 0 spiro atoms. The summed E-state index contributed by atoms with van der Waals surface area (Å²) in [6.07, 6.45) is 4.68. The minimum atomic E-state index is -0.505. The Morgan fingerprint density at radius 2 is 2.38 bits per heavy atom. The molecule has 1 rings (SSSR count). The van der Waals surface area contributed by atoms with Gasteiger partial charge in [0.2, 0.25) is 0 Å². The van der Waals surface area contributed by atoms with Gasteiger partial charge in [0, 0.05) is 11.3 Å². The Hall–Kier alpha value is -1.95. The summed E-state index contributed by atoms with van der Waals surface area (Å²) in [6.45, 7) is 0. The van der Waals surface area contributed by atoms with Crippen LogP contribution in [-0.4, -0.2) is 13.2 Å². The number of terminal acetylenes is 1. The molecular formula is C10H9NO2. The average Bonchev–Trinajstić information content (AvgIpc) is 2.18. The van der Waals surface area contributed by atoms with Crippen LogP contribution >= 0.6 is 0 Å². The smallest absolute Gasteiger partial charge is 0.411 e. The zero-order chi connectivity index (χ0) is 9.68. The van der Waals surface area contributed by atoms with Crippen molar-refractivity contribution in [2.75, 3.05) is 12.4 Å². The molecule has 0 saturated heterocycles. The number of carbonyl (C=O) groups is 1. The van der Waals surface area contributed by atoms with E-state index in [-0.39, 0.29) is 0 Å². The summed E-state index contributed by atoms with van der Waals surface area (Å²) in [5.74, 6) is 2.47. The zero-order valence-electron chi connectivity index (χ0n) is 7.20. The van der Waals surface area contributed by atoms with E-state index < -0.39 is 6.09 Å². The summed E-state index contributed by atoms with van der Waals surface area (Å²) >= 11 is 0. The Labute approximate surface area is 76.7 Å². The molecule has 3 heteroatoms. The van der Waals surface area contributed by atoms with Crippen molar-refractivity contribution in [1.29, 1.82) is 0 Å². The molecular weight excluding hydrogens is 166 g/mol. The van der Waals surface area contributed by atoms with E-state index in [9.17, 15) is 4.79 Å². The number of hydrogen-bond donors (Lipinski definition) is 1. The van der Waals surface area contributed by atoms with E-state index in [1.807, 2.05) is 0 Å². The molecule has 1 N–H and O–H groups in total. The number of rotatable bonds is 1. The van der Waals surface area contributed by atoms with Gasteiger partial charge in [0.15, 0.2) is 0 Å². The van der Waals surface area contributed by atoms with Gasteiger partial charge in [-0.1, -0.05) is 12.0 Å². The Morgan fingerprint density at radius 1 is 1.62 bits per heavy atom. The Bertz CT molecular complexity index is 352. The first-order valence-corrected chi connectivity index (χ1v) is 3.68. The van der Waals surface area contributed by atoms with Gasteiger partial charge in [-0.3, -0.25) is 5.32 Å². The van der Waals surface area contributed by atoms with Crippen molar-refractivity contribution in [1.82, 2.24) is 0 Å². The molecule has 0 atom stereocenters. The van der Waals surface area contributed by atoms with Crippen molar-refractivity contribution in [2.45, 2.75) is 0 Å². The van der Waals surface area contributed by atoms with E-state index in [1.54, 1.807) is 24.3 Å². The number of amides is 1. The van der Waals surface area contributed by atoms with Crippen molar-refractivity contribution in [3.8, 4) is 12.3 Å². The van der Waals surface area contributed by atoms with Crippen LogP contribution < -0.4 is 5.32 Å². The second-order valence-electron chi connectivity index (χ2n) is 2.34. The number of hydrogen-bond acceptors (Lipinski definition) is 2. The lowest BCUT2D eigenvalue weighted by molar-refractivity contribution is 0.187. The van der Waals surface area contributed by atoms with Crippen LogP contribution in [0, 0.1) is 12.3 Å². The highest BCUT2D eigenvalue weighted by Gasteiger charge is 1.99. The van der Waals surface area contributed by atoms with Crippen LogP contribution in [0.2, 0.25) is 0 Å². The molecule has 0 heterocycles. The summed E-state index contributed by atoms with van der Waals surface area (Å²) in [4.78, 5) is 10.8. The predicted octanol–water partition coefficient (Wildman–Crippen LogP) is 1.85. The van der Waals surface area contributed by atoms with E-state index in [1.165, 1.54) is 7.11 Å². The largest absolute Gasteiger partial charge is 0.453 e. The Balaban J connectivity index is 2.79. The normalized spacial score (nSPS) is 8.62. The van der Waals surface area contributed by atoms with Gasteiger partial charge in [-0.2, -0.15) is 0 Å². The second-order valence-corrected chi connectivity index (χ2v) is 2.34. The van der Waals surface area contributed by atoms with Crippen molar-refractivity contribution in [2.24, 2.45) is 0 Å². The highest BCUT2D eigenvalue weighted by Crippen LogP contribution is 2.09. The molecule has 66 valence electrons. The van der Waals surface area contributed by atoms with Crippen molar-refractivity contribution < 1.29 is 9.53 Å². The van der Waals surface area contributed by atoms with E-state index in [2.05, 4.69) is 16.0 Å². The van der Waals surface area contributed by atoms with E-state index in [4.69, 9.17) is 6.42 Å². The molecule has 1 amide bonds. The highest BCUT2D eigenvalue weighted by atomic mass is 16.5. The Morgan fingerprint density at radius 3 is 3.00 bits per heavy atom. The fourth-order valence-electron chi connectivity index (χ4n) is 0.856. The maximum absolute atomic E-state index is 10.8. The number of anilines is 1. The number of carbonyl (C=O) groups excluding carboxylic acids is 1. The fourth-order valence-corrected chi connectivity index (χ4v) is 0.856. The zero-order valence-corrected chi connectivity index (χ0v) is 7.20. The lowest BCUT2D eigenvalue weighted by Gasteiger charge is -2.02. The fraction of sp³-hybridized carbons (Fsp3) is 0.100. The third kappa shape index (κ3) is 2.53. The van der Waals surface area contributed by atoms with Crippen LogP contribution in [-0.2, 0) is 4.74 Å². The van der Waals surface area contributed by atoms with Gasteiger partial charge in [0.25, 0.3) is 0 Å². The molecule has 1 aromatic rings. The third-order valence-corrected chi connectivity index (χ3v) is 1.46. The summed E-state index contributed by atoms with van der Waals surface area (Å²) < 4.78 is 4.43. The highest BCUT2D eigenvalue weighted by molar-refractivity contribution is 5.84. The van der Waals surface area contributed by atoms with Gasteiger partial charge < -0.3 is 4.74 Å². The van der Waals surface area contributed by atoms with Crippen LogP contribution in [0.4, 0.5) is 10.5 Å². The lowest BCUT2D eigenvalue weighted by atomic mass is 10.2. The van der Waals surface area contributed by atoms with Gasteiger partial charge in [0.05, 0.1) is 7.11 Å². The predicted molar refractivity (Wildman–Crippen MR) is 50.4 cm³/mol. The van der Waals surface area contributed by atoms with Crippen LogP contribution in [0.5, 0.6) is 0 Å². The van der Waals surface area contributed by atoms with Gasteiger partial charge in [-0.15, -0.1) is 6.42 Å². The van der Waals surface area contributed by atoms with Gasteiger partial charge >= 0.3 is 6.09 Å². The molecule has 3 nitrogen and oxygen atoms in total. The summed E-state index contributed by atoms with van der Waals surface area (Å²) in [6, 6.07) is 6.97. The molecule has 0 bridgehead atoms. The minimum absolute atomic E-state index is 0.505. The molecule has 0 aliphatic rings. The van der Waals surface area contributed by atoms with Crippen LogP contribution in [0.25, 0.3) is 0 Å². The molecule has 0 saturated carbocycles. The van der Waals surface area contributed by atoms with Crippen molar-refractivity contribution >= 4 is 11.8 Å². The van der Waals surface area contributed by atoms with Crippen LogP contribution in [0.15, 0.2) is 24.3 Å². The van der Waals surface area contributed by atoms with E-state index >= 15 is 0 Å². The van der Waals surface area contributed by atoms with Gasteiger partial charge in [-0.25, -0.2) is 4.79 Å². The maximum atomic E-state index is 10.8. The van der Waals surface area contributed by atoms with E-state index in [0.717, 1.165) is 0 Å². The second kappa shape index (κ2) is 4.17. The number of benzene rings is 1. The Kier molecular flexibility index (Phi) is 2.93. The monoisotopic (exact) mass is 175 g/mol. The van der Waals surface area contributed by atoms with Gasteiger partial charge in [0.1, 0.15) is 0 Å². The van der Waals surface area contributed by atoms with Crippen LogP contribution in [0.3, 0.4) is 0 Å². The number of ether oxygens (including phenoxy) is 1. The molecule has 0 unspecified atom stereocenters. The first kappa shape index (κ1) is 9.14. The van der Waals surface area contributed by atoms with Crippen LogP contribution in [0.1, 0.15) is 5.56 Å². The standard InChI is InChI=1S/C10H9NO2/c1-3-8-5-4-6-9(7-8)11-10(12)13-2/h1,4-7H,2H3,(H,11,12). The van der Waals surface area contributed by atoms with Gasteiger partial charge in [-0.05, 0) is 18.2 Å². The molecule has 0 fully saturated rings. The lowest BCUT2D eigenvalue weighted by Crippen LogP contribution is -2.10. The maximum Gasteiger partial charge on any atom is 0.411 e. The molecule has 0 aliphatic heterocycles. The van der Waals surface area contributed by atoms with Crippen molar-refractivity contribution in [3.05, 3.63) is 29.8 Å². The minimum Gasteiger partial charge on any atom is -0.453 e. The third-order valence-electron chi connectivity index (χ3n) is 1.46. The number of methoxy groups -OCH3 is 1. The summed E-state index contributed by atoms with van der Waals surface area (Å²) in [5, 5.41) is 2.51. The molecule has 1 aromatic carbocycles. The molecule has 0 aliphatic carbocycles. The average molecular weight is 175 g/mol. The van der Waals surface area contributed by atoms with E-state index in [0.29, 0.717) is 11.3 Å². The first-order chi connectivity index (χ1) is 6.26. The molecule has 0 radical (unpaired) electrons.